The molecule has 0 bridgehead atoms. The number of carbonyl (C=O) groups is 1. The van der Waals surface area contributed by atoms with Crippen LogP contribution in [0, 0.1) is 0 Å². The van der Waals surface area contributed by atoms with E-state index in [9.17, 15) is 4.79 Å². The molecule has 0 radical (unpaired) electrons. The van der Waals surface area contributed by atoms with Crippen LogP contribution in [0.1, 0.15) is 40.0 Å². The van der Waals surface area contributed by atoms with Gasteiger partial charge < -0.3 is 15.2 Å². The van der Waals surface area contributed by atoms with Crippen LogP contribution in [0.3, 0.4) is 0 Å². The molecule has 1 rings (SSSR count). The standard InChI is InChI=1S/C14H28N2O3/c1-5-19-12-7-6-8-16(10-12)11(2)9-14(3,15)13(17)18-4/h11-12H,5-10,15H2,1-4H3. The maximum Gasteiger partial charge on any atom is 0.325 e. The van der Waals surface area contributed by atoms with E-state index in [4.69, 9.17) is 15.2 Å². The van der Waals surface area contributed by atoms with E-state index >= 15 is 0 Å². The van der Waals surface area contributed by atoms with Gasteiger partial charge in [-0.2, -0.15) is 0 Å². The first-order chi connectivity index (χ1) is 8.90. The zero-order chi connectivity index (χ0) is 14.5. The SMILES string of the molecule is CCOC1CCCN(C(C)CC(C)(N)C(=O)OC)C1. The lowest BCUT2D eigenvalue weighted by molar-refractivity contribution is -0.147. The van der Waals surface area contributed by atoms with Crippen LogP contribution in [-0.4, -0.2) is 55.4 Å². The first-order valence-corrected chi connectivity index (χ1v) is 7.13. The summed E-state index contributed by atoms with van der Waals surface area (Å²) in [5, 5.41) is 0. The van der Waals surface area contributed by atoms with Gasteiger partial charge in [0.05, 0.1) is 13.2 Å². The normalized spacial score (nSPS) is 25.6. The minimum absolute atomic E-state index is 0.248. The van der Waals surface area contributed by atoms with Gasteiger partial charge in [-0.1, -0.05) is 0 Å². The Morgan fingerprint density at radius 2 is 2.26 bits per heavy atom. The minimum Gasteiger partial charge on any atom is -0.468 e. The number of hydrogen-bond donors (Lipinski definition) is 1. The topological polar surface area (TPSA) is 64.8 Å². The van der Waals surface area contributed by atoms with Crippen molar-refractivity contribution in [1.29, 1.82) is 0 Å². The largest absolute Gasteiger partial charge is 0.468 e. The van der Waals surface area contributed by atoms with Gasteiger partial charge >= 0.3 is 5.97 Å². The number of esters is 1. The fourth-order valence-electron chi connectivity index (χ4n) is 2.80. The molecule has 0 aromatic heterocycles. The second-order valence-corrected chi connectivity index (χ2v) is 5.68. The summed E-state index contributed by atoms with van der Waals surface area (Å²) in [5.74, 6) is -0.349. The van der Waals surface area contributed by atoms with E-state index in [1.165, 1.54) is 7.11 Å². The summed E-state index contributed by atoms with van der Waals surface area (Å²) in [4.78, 5) is 14.0. The summed E-state index contributed by atoms with van der Waals surface area (Å²) >= 11 is 0. The van der Waals surface area contributed by atoms with Crippen LogP contribution in [0.25, 0.3) is 0 Å². The predicted octanol–water partition coefficient (Wildman–Crippen LogP) is 1.16. The Morgan fingerprint density at radius 1 is 1.58 bits per heavy atom. The van der Waals surface area contributed by atoms with Crippen molar-refractivity contribution in [3.63, 3.8) is 0 Å². The minimum atomic E-state index is -0.924. The highest BCUT2D eigenvalue weighted by atomic mass is 16.5. The quantitative estimate of drug-likeness (QED) is 0.735. The molecule has 1 fully saturated rings. The van der Waals surface area contributed by atoms with Crippen molar-refractivity contribution in [2.24, 2.45) is 5.73 Å². The number of nitrogens with two attached hydrogens (primary N) is 1. The number of hydrogen-bond acceptors (Lipinski definition) is 5. The van der Waals surface area contributed by atoms with Crippen LogP contribution >= 0.6 is 0 Å². The third-order valence-corrected chi connectivity index (χ3v) is 3.81. The van der Waals surface area contributed by atoms with Crippen molar-refractivity contribution in [1.82, 2.24) is 4.90 Å². The van der Waals surface area contributed by atoms with Crippen LogP contribution in [-0.2, 0) is 14.3 Å². The summed E-state index contributed by atoms with van der Waals surface area (Å²) in [6.45, 7) is 8.59. The predicted molar refractivity (Wildman–Crippen MR) is 74.9 cm³/mol. The molecule has 0 aromatic rings. The zero-order valence-electron chi connectivity index (χ0n) is 12.6. The molecule has 2 N–H and O–H groups in total. The zero-order valence-corrected chi connectivity index (χ0v) is 12.6. The number of carbonyl (C=O) groups excluding carboxylic acids is 1. The summed E-state index contributed by atoms with van der Waals surface area (Å²) < 4.78 is 10.5. The van der Waals surface area contributed by atoms with Gasteiger partial charge in [0.15, 0.2) is 0 Å². The molecule has 5 heteroatoms. The van der Waals surface area contributed by atoms with Gasteiger partial charge in [0.1, 0.15) is 5.54 Å². The number of piperidine rings is 1. The maximum absolute atomic E-state index is 11.6. The highest BCUT2D eigenvalue weighted by Gasteiger charge is 2.34. The highest BCUT2D eigenvalue weighted by Crippen LogP contribution is 2.21. The van der Waals surface area contributed by atoms with Crippen LogP contribution in [0.2, 0.25) is 0 Å². The second-order valence-electron chi connectivity index (χ2n) is 5.68. The van der Waals surface area contributed by atoms with Crippen LogP contribution < -0.4 is 5.73 Å². The van der Waals surface area contributed by atoms with E-state index < -0.39 is 5.54 Å². The van der Waals surface area contributed by atoms with Crippen molar-refractivity contribution < 1.29 is 14.3 Å². The van der Waals surface area contributed by atoms with E-state index in [2.05, 4.69) is 11.8 Å². The van der Waals surface area contributed by atoms with Crippen LogP contribution in [0.5, 0.6) is 0 Å². The smallest absolute Gasteiger partial charge is 0.325 e. The molecule has 5 nitrogen and oxygen atoms in total. The molecule has 0 spiro atoms. The van der Waals surface area contributed by atoms with E-state index in [0.717, 1.165) is 32.5 Å². The van der Waals surface area contributed by atoms with Gasteiger partial charge in [-0.15, -0.1) is 0 Å². The lowest BCUT2D eigenvalue weighted by Gasteiger charge is -2.38. The average Bonchev–Trinajstić information content (AvgIpc) is 2.38. The van der Waals surface area contributed by atoms with Gasteiger partial charge in [-0.3, -0.25) is 9.69 Å². The van der Waals surface area contributed by atoms with Crippen LogP contribution in [0.15, 0.2) is 0 Å². The first-order valence-electron chi connectivity index (χ1n) is 7.13. The maximum atomic E-state index is 11.6. The Kier molecular flexibility index (Phi) is 6.23. The number of likely N-dealkylation sites (tertiary alicyclic amines) is 1. The van der Waals surface area contributed by atoms with Crippen molar-refractivity contribution in [3.05, 3.63) is 0 Å². The van der Waals surface area contributed by atoms with Crippen LogP contribution in [0.4, 0.5) is 0 Å². The molecule has 0 amide bonds. The Balaban J connectivity index is 2.52. The molecule has 112 valence electrons. The average molecular weight is 272 g/mol. The molecule has 0 aliphatic carbocycles. The summed E-state index contributed by atoms with van der Waals surface area (Å²) in [5.41, 5.74) is 5.12. The van der Waals surface area contributed by atoms with Crippen molar-refractivity contribution in [3.8, 4) is 0 Å². The van der Waals surface area contributed by atoms with Gasteiger partial charge in [0, 0.05) is 19.2 Å². The van der Waals surface area contributed by atoms with E-state index in [1.54, 1.807) is 6.92 Å². The summed E-state index contributed by atoms with van der Waals surface area (Å²) in [7, 11) is 1.38. The summed E-state index contributed by atoms with van der Waals surface area (Å²) in [6, 6.07) is 0.248. The fraction of sp³-hybridized carbons (Fsp3) is 0.929. The molecule has 3 atom stereocenters. The Labute approximate surface area is 116 Å². The second kappa shape index (κ2) is 7.22. The van der Waals surface area contributed by atoms with Gasteiger partial charge in [-0.25, -0.2) is 0 Å². The van der Waals surface area contributed by atoms with Crippen molar-refractivity contribution in [2.75, 3.05) is 26.8 Å². The van der Waals surface area contributed by atoms with E-state index in [-0.39, 0.29) is 12.0 Å². The number of methoxy groups -OCH3 is 1. The highest BCUT2D eigenvalue weighted by molar-refractivity contribution is 5.79. The fourth-order valence-corrected chi connectivity index (χ4v) is 2.80. The van der Waals surface area contributed by atoms with Gasteiger partial charge in [0.25, 0.3) is 0 Å². The van der Waals surface area contributed by atoms with Gasteiger partial charge in [0.2, 0.25) is 0 Å². The molecule has 1 aliphatic rings. The van der Waals surface area contributed by atoms with Gasteiger partial charge in [-0.05, 0) is 46.6 Å². The Bertz CT molecular complexity index is 292. The molecule has 1 saturated heterocycles. The monoisotopic (exact) mass is 272 g/mol. The molecule has 19 heavy (non-hydrogen) atoms. The lowest BCUT2D eigenvalue weighted by atomic mass is 9.93. The summed E-state index contributed by atoms with van der Waals surface area (Å²) in [6.07, 6.45) is 3.16. The number of rotatable bonds is 6. The molecule has 3 unspecified atom stereocenters. The Hall–Kier alpha value is -0.650. The lowest BCUT2D eigenvalue weighted by Crippen LogP contribution is -2.53. The molecular weight excluding hydrogens is 244 g/mol. The third kappa shape index (κ3) is 4.75. The van der Waals surface area contributed by atoms with E-state index in [1.807, 2.05) is 6.92 Å². The Morgan fingerprint density at radius 3 is 2.84 bits per heavy atom. The van der Waals surface area contributed by atoms with Crippen molar-refractivity contribution >= 4 is 5.97 Å². The molecule has 1 aliphatic heterocycles. The van der Waals surface area contributed by atoms with Crippen molar-refractivity contribution in [2.45, 2.75) is 57.7 Å². The number of nitrogens with zero attached hydrogens (tertiary/aromatic N) is 1. The third-order valence-electron chi connectivity index (χ3n) is 3.81. The molecular formula is C14H28N2O3. The molecule has 1 heterocycles. The number of ether oxygens (including phenoxy) is 2. The molecule has 0 saturated carbocycles. The first kappa shape index (κ1) is 16.4. The molecule has 0 aromatic carbocycles. The van der Waals surface area contributed by atoms with E-state index in [0.29, 0.717) is 12.5 Å².